The molecule has 0 saturated carbocycles. The van der Waals surface area contributed by atoms with E-state index in [4.69, 9.17) is 4.42 Å². The number of aryl methyl sites for hydroxylation is 1. The summed E-state index contributed by atoms with van der Waals surface area (Å²) in [5.41, 5.74) is 2.78. The number of aromatic nitrogens is 3. The third-order valence-corrected chi connectivity index (χ3v) is 3.35. The van der Waals surface area contributed by atoms with Crippen LogP contribution in [0.5, 0.6) is 0 Å². The van der Waals surface area contributed by atoms with Gasteiger partial charge in [0, 0.05) is 17.7 Å². The number of para-hydroxylation sites is 2. The lowest BCUT2D eigenvalue weighted by Crippen LogP contribution is -1.95. The molecule has 2 aromatic heterocycles. The molecule has 2 aromatic carbocycles. The number of fused-ring (bicyclic) bond motifs is 2. The van der Waals surface area contributed by atoms with Crippen molar-refractivity contribution in [3.8, 4) is 0 Å². The SMILES string of the molecule is Cc1nnc(Nc2c3ccccc3nc3ccccc23)o1. The Morgan fingerprint density at radius 2 is 1.48 bits per heavy atom. The lowest BCUT2D eigenvalue weighted by Gasteiger charge is -2.10. The minimum Gasteiger partial charge on any atom is -0.408 e. The first-order valence-electron chi connectivity index (χ1n) is 6.66. The molecule has 5 nitrogen and oxygen atoms in total. The number of anilines is 2. The van der Waals surface area contributed by atoms with Crippen molar-refractivity contribution in [2.45, 2.75) is 6.92 Å². The summed E-state index contributed by atoms with van der Waals surface area (Å²) in [5.74, 6) is 0.528. The van der Waals surface area contributed by atoms with Crippen molar-refractivity contribution < 1.29 is 4.42 Å². The molecular formula is C16H12N4O. The van der Waals surface area contributed by atoms with E-state index in [2.05, 4.69) is 20.5 Å². The van der Waals surface area contributed by atoms with E-state index in [1.807, 2.05) is 48.5 Å². The maximum Gasteiger partial charge on any atom is 0.320 e. The first-order valence-corrected chi connectivity index (χ1v) is 6.66. The summed E-state index contributed by atoms with van der Waals surface area (Å²) in [6.45, 7) is 1.76. The fourth-order valence-electron chi connectivity index (χ4n) is 2.43. The van der Waals surface area contributed by atoms with Crippen LogP contribution in [0.4, 0.5) is 11.7 Å². The van der Waals surface area contributed by atoms with Crippen LogP contribution in [-0.4, -0.2) is 15.2 Å². The number of hydrogen-bond acceptors (Lipinski definition) is 5. The van der Waals surface area contributed by atoms with Crippen LogP contribution in [0.1, 0.15) is 5.89 Å². The largest absolute Gasteiger partial charge is 0.408 e. The highest BCUT2D eigenvalue weighted by Crippen LogP contribution is 2.32. The molecule has 0 aliphatic rings. The number of nitrogens with zero attached hydrogens (tertiary/aromatic N) is 3. The molecule has 0 radical (unpaired) electrons. The fourth-order valence-corrected chi connectivity index (χ4v) is 2.43. The Bertz CT molecular complexity index is 891. The van der Waals surface area contributed by atoms with E-state index in [0.29, 0.717) is 11.9 Å². The number of benzene rings is 2. The fraction of sp³-hybridized carbons (Fsp3) is 0.0625. The molecule has 0 atom stereocenters. The molecule has 0 unspecified atom stereocenters. The quantitative estimate of drug-likeness (QED) is 0.564. The van der Waals surface area contributed by atoms with Gasteiger partial charge < -0.3 is 9.73 Å². The van der Waals surface area contributed by atoms with Gasteiger partial charge in [-0.2, -0.15) is 0 Å². The van der Waals surface area contributed by atoms with Gasteiger partial charge in [-0.25, -0.2) is 4.98 Å². The van der Waals surface area contributed by atoms with Gasteiger partial charge in [0.1, 0.15) is 0 Å². The van der Waals surface area contributed by atoms with Crippen LogP contribution in [0.15, 0.2) is 52.9 Å². The van der Waals surface area contributed by atoms with Crippen molar-refractivity contribution in [1.29, 1.82) is 0 Å². The van der Waals surface area contributed by atoms with Crippen molar-refractivity contribution in [2.75, 3.05) is 5.32 Å². The van der Waals surface area contributed by atoms with Crippen LogP contribution in [0.3, 0.4) is 0 Å². The number of rotatable bonds is 2. The lowest BCUT2D eigenvalue weighted by atomic mass is 10.1. The van der Waals surface area contributed by atoms with Crippen molar-refractivity contribution in [2.24, 2.45) is 0 Å². The molecule has 0 spiro atoms. The maximum absolute atomic E-state index is 5.43. The van der Waals surface area contributed by atoms with Gasteiger partial charge in [0.2, 0.25) is 5.89 Å². The summed E-state index contributed by atoms with van der Waals surface area (Å²) in [5, 5.41) is 13.1. The summed E-state index contributed by atoms with van der Waals surface area (Å²) in [6.07, 6.45) is 0. The molecule has 5 heteroatoms. The Kier molecular flexibility index (Phi) is 2.57. The van der Waals surface area contributed by atoms with Gasteiger partial charge in [-0.15, -0.1) is 5.10 Å². The summed E-state index contributed by atoms with van der Waals surface area (Å²) >= 11 is 0. The summed E-state index contributed by atoms with van der Waals surface area (Å²) in [7, 11) is 0. The third-order valence-electron chi connectivity index (χ3n) is 3.35. The van der Waals surface area contributed by atoms with Crippen LogP contribution in [-0.2, 0) is 0 Å². The van der Waals surface area contributed by atoms with Crippen LogP contribution >= 0.6 is 0 Å². The summed E-state index contributed by atoms with van der Waals surface area (Å²) < 4.78 is 5.43. The second-order valence-electron chi connectivity index (χ2n) is 4.77. The minimum atomic E-state index is 0.383. The first-order chi connectivity index (χ1) is 10.3. The highest BCUT2D eigenvalue weighted by atomic mass is 16.4. The number of nitrogens with one attached hydrogen (secondary N) is 1. The Morgan fingerprint density at radius 3 is 2.05 bits per heavy atom. The third kappa shape index (κ3) is 1.99. The maximum atomic E-state index is 5.43. The van der Waals surface area contributed by atoms with E-state index < -0.39 is 0 Å². The zero-order valence-electron chi connectivity index (χ0n) is 11.4. The van der Waals surface area contributed by atoms with E-state index in [0.717, 1.165) is 27.5 Å². The number of hydrogen-bond donors (Lipinski definition) is 1. The van der Waals surface area contributed by atoms with Gasteiger partial charge in [0.15, 0.2) is 0 Å². The van der Waals surface area contributed by atoms with Crippen LogP contribution < -0.4 is 5.32 Å². The Balaban J connectivity index is 2.01. The van der Waals surface area contributed by atoms with Gasteiger partial charge in [-0.1, -0.05) is 41.5 Å². The van der Waals surface area contributed by atoms with E-state index in [9.17, 15) is 0 Å². The topological polar surface area (TPSA) is 63.8 Å². The molecule has 21 heavy (non-hydrogen) atoms. The van der Waals surface area contributed by atoms with Gasteiger partial charge in [0.05, 0.1) is 16.7 Å². The average Bonchev–Trinajstić information content (AvgIpc) is 2.92. The molecule has 4 rings (SSSR count). The molecular weight excluding hydrogens is 264 g/mol. The predicted octanol–water partition coefficient (Wildman–Crippen LogP) is 3.82. The smallest absolute Gasteiger partial charge is 0.320 e. The van der Waals surface area contributed by atoms with Gasteiger partial charge >= 0.3 is 6.01 Å². The average molecular weight is 276 g/mol. The molecule has 0 bridgehead atoms. The second kappa shape index (κ2) is 4.56. The molecule has 0 aliphatic carbocycles. The van der Waals surface area contributed by atoms with E-state index in [-0.39, 0.29) is 0 Å². The molecule has 102 valence electrons. The summed E-state index contributed by atoms with van der Waals surface area (Å²) in [6, 6.07) is 16.4. The van der Waals surface area contributed by atoms with Crippen LogP contribution in [0, 0.1) is 6.92 Å². The lowest BCUT2D eigenvalue weighted by molar-refractivity contribution is 0.536. The van der Waals surface area contributed by atoms with Gasteiger partial charge in [-0.05, 0) is 12.1 Å². The van der Waals surface area contributed by atoms with Gasteiger partial charge in [0.25, 0.3) is 0 Å². The Labute approximate surface area is 120 Å². The highest BCUT2D eigenvalue weighted by Gasteiger charge is 2.11. The Morgan fingerprint density at radius 1 is 0.857 bits per heavy atom. The number of pyridine rings is 1. The zero-order chi connectivity index (χ0) is 14.2. The molecule has 0 saturated heterocycles. The first kappa shape index (κ1) is 11.8. The van der Waals surface area contributed by atoms with Crippen molar-refractivity contribution in [3.05, 3.63) is 54.4 Å². The monoisotopic (exact) mass is 276 g/mol. The van der Waals surface area contributed by atoms with E-state index in [1.165, 1.54) is 0 Å². The standard InChI is InChI=1S/C16H12N4O/c1-10-19-20-16(21-10)18-15-11-6-2-4-8-13(11)17-14-9-5-3-7-12(14)15/h2-9H,1H3,(H,17,18,20). The predicted molar refractivity (Wildman–Crippen MR) is 81.6 cm³/mol. The molecule has 1 N–H and O–H groups in total. The normalized spacial score (nSPS) is 11.1. The summed E-state index contributed by atoms with van der Waals surface area (Å²) in [4.78, 5) is 4.68. The zero-order valence-corrected chi connectivity index (χ0v) is 11.4. The van der Waals surface area contributed by atoms with Crippen LogP contribution in [0.25, 0.3) is 21.8 Å². The molecule has 0 amide bonds. The van der Waals surface area contributed by atoms with Crippen molar-refractivity contribution in [3.63, 3.8) is 0 Å². The van der Waals surface area contributed by atoms with E-state index in [1.54, 1.807) is 6.92 Å². The Hall–Kier alpha value is -2.95. The molecule has 2 heterocycles. The van der Waals surface area contributed by atoms with Crippen molar-refractivity contribution in [1.82, 2.24) is 15.2 Å². The molecule has 0 aliphatic heterocycles. The highest BCUT2D eigenvalue weighted by molar-refractivity contribution is 6.08. The second-order valence-corrected chi connectivity index (χ2v) is 4.77. The van der Waals surface area contributed by atoms with E-state index >= 15 is 0 Å². The molecule has 4 aromatic rings. The van der Waals surface area contributed by atoms with Gasteiger partial charge in [-0.3, -0.25) is 0 Å². The van der Waals surface area contributed by atoms with Crippen LogP contribution in [0.2, 0.25) is 0 Å². The van der Waals surface area contributed by atoms with Crippen molar-refractivity contribution >= 4 is 33.5 Å². The molecule has 0 fully saturated rings. The minimum absolute atomic E-state index is 0.383.